The summed E-state index contributed by atoms with van der Waals surface area (Å²) in [4.78, 5) is 19.9. The Balaban J connectivity index is 1.43. The Kier molecular flexibility index (Phi) is 5.53. The molecule has 0 saturated heterocycles. The van der Waals surface area contributed by atoms with Crippen LogP contribution in [-0.2, 0) is 9.53 Å². The van der Waals surface area contributed by atoms with Gasteiger partial charge in [0.05, 0.1) is 7.11 Å². The van der Waals surface area contributed by atoms with Crippen LogP contribution in [0.15, 0.2) is 6.07 Å². The highest BCUT2D eigenvalue weighted by Crippen LogP contribution is 2.57. The molecule has 4 fully saturated rings. The number of ether oxygens (including phenoxy) is 2. The van der Waals surface area contributed by atoms with E-state index in [0.717, 1.165) is 12.1 Å². The second kappa shape index (κ2) is 8.21. The van der Waals surface area contributed by atoms with E-state index in [1.807, 2.05) is 0 Å². The van der Waals surface area contributed by atoms with Crippen LogP contribution in [0.2, 0.25) is 0 Å². The summed E-state index contributed by atoms with van der Waals surface area (Å²) < 4.78 is 63.4. The van der Waals surface area contributed by atoms with E-state index in [1.54, 1.807) is 13.0 Å². The molecule has 2 heterocycles. The number of nitrogens with one attached hydrogen (secondary N) is 3. The molecule has 4 bridgehead atoms. The Bertz CT molecular complexity index is 1140. The van der Waals surface area contributed by atoms with Crippen molar-refractivity contribution in [1.82, 2.24) is 20.2 Å². The van der Waals surface area contributed by atoms with Gasteiger partial charge in [0.1, 0.15) is 11.7 Å². The molecule has 6 rings (SSSR count). The number of H-pyrrole nitrogens is 1. The highest BCUT2D eigenvalue weighted by Gasteiger charge is 2.63. The number of esters is 1. The molecule has 2 aromatic rings. The number of halogens is 4. The van der Waals surface area contributed by atoms with Crippen molar-refractivity contribution >= 4 is 23.6 Å². The molecule has 0 radical (unpaired) electrons. The van der Waals surface area contributed by atoms with Gasteiger partial charge in [0.2, 0.25) is 11.8 Å². The Morgan fingerprint density at radius 2 is 2.06 bits per heavy atom. The third kappa shape index (κ3) is 4.23. The number of hydrogen-bond acceptors (Lipinski definition) is 9. The molecule has 4 aliphatic rings. The fourth-order valence-corrected chi connectivity index (χ4v) is 5.97. The van der Waals surface area contributed by atoms with Crippen molar-refractivity contribution in [3.05, 3.63) is 17.6 Å². The summed E-state index contributed by atoms with van der Waals surface area (Å²) in [5, 5.41) is 23.6. The van der Waals surface area contributed by atoms with Crippen LogP contribution in [0.4, 0.5) is 35.1 Å². The SMILES string of the molecule is COc1nc(NC2C3CC4CC2C(OC(=O)C(F)(F)F)C(O)(C4)C3)nc(Nc2cc(C)[nH]n2)c1F. The van der Waals surface area contributed by atoms with Crippen molar-refractivity contribution in [3.63, 3.8) is 0 Å². The standard InChI is InChI=1S/C21H24F4N6O4/c1-8-3-12(31-30-8)26-16-13(22)17(34-2)29-19(28-16)27-14-10-4-9-5-11(14)15(20(33,6-9)7-10)35-18(32)21(23,24)25/h3,9-11,14-15,33H,4-7H2,1-2H3,(H3,26,27,28,29,30,31). The first-order valence-corrected chi connectivity index (χ1v) is 11.1. The van der Waals surface area contributed by atoms with Gasteiger partial charge in [-0.15, -0.1) is 0 Å². The maximum absolute atomic E-state index is 14.8. The highest BCUT2D eigenvalue weighted by molar-refractivity contribution is 5.76. The fourth-order valence-electron chi connectivity index (χ4n) is 5.97. The molecule has 14 heteroatoms. The largest absolute Gasteiger partial charge is 0.490 e. The normalized spacial score (nSPS) is 31.3. The van der Waals surface area contributed by atoms with E-state index in [9.17, 15) is 27.5 Å². The number of anilines is 3. The number of carbonyl (C=O) groups excluding carboxylic acids is 1. The maximum Gasteiger partial charge on any atom is 0.490 e. The number of hydrogen-bond donors (Lipinski definition) is 4. The molecule has 0 amide bonds. The number of nitrogens with zero attached hydrogens (tertiary/aromatic N) is 3. The number of rotatable bonds is 6. The van der Waals surface area contributed by atoms with E-state index < -0.39 is 41.6 Å². The Labute approximate surface area is 196 Å². The third-order valence-corrected chi connectivity index (χ3v) is 7.11. The molecule has 0 aromatic carbocycles. The number of alkyl halides is 3. The van der Waals surface area contributed by atoms with E-state index >= 15 is 0 Å². The van der Waals surface area contributed by atoms with Crippen molar-refractivity contribution in [2.75, 3.05) is 17.7 Å². The molecule has 6 atom stereocenters. The molecule has 35 heavy (non-hydrogen) atoms. The van der Waals surface area contributed by atoms with E-state index in [0.29, 0.717) is 12.2 Å². The summed E-state index contributed by atoms with van der Waals surface area (Å²) in [6, 6.07) is 1.13. The first-order chi connectivity index (χ1) is 16.5. The fraction of sp³-hybridized carbons (Fsp3) is 0.619. The van der Waals surface area contributed by atoms with Crippen molar-refractivity contribution in [2.45, 2.75) is 56.5 Å². The third-order valence-electron chi connectivity index (χ3n) is 7.11. The number of aryl methyl sites for hydroxylation is 1. The summed E-state index contributed by atoms with van der Waals surface area (Å²) in [5.74, 6) is -4.09. The molecule has 10 nitrogen and oxygen atoms in total. The van der Waals surface area contributed by atoms with Gasteiger partial charge in [0.15, 0.2) is 11.6 Å². The van der Waals surface area contributed by atoms with Gasteiger partial charge < -0.3 is 25.2 Å². The van der Waals surface area contributed by atoms with Gasteiger partial charge >= 0.3 is 12.1 Å². The monoisotopic (exact) mass is 500 g/mol. The zero-order valence-electron chi connectivity index (χ0n) is 18.8. The molecule has 190 valence electrons. The summed E-state index contributed by atoms with van der Waals surface area (Å²) in [6.07, 6.45) is -4.88. The van der Waals surface area contributed by atoms with Gasteiger partial charge in [-0.05, 0) is 44.4 Å². The smallest absolute Gasteiger partial charge is 0.479 e. The molecule has 0 spiro atoms. The van der Waals surface area contributed by atoms with Crippen molar-refractivity contribution < 1.29 is 36.9 Å². The molecular weight excluding hydrogens is 476 g/mol. The average Bonchev–Trinajstić information content (AvgIpc) is 3.18. The molecule has 4 aliphatic carbocycles. The minimum Gasteiger partial charge on any atom is -0.479 e. The molecule has 4 N–H and O–H groups in total. The minimum atomic E-state index is -5.17. The average molecular weight is 500 g/mol. The van der Waals surface area contributed by atoms with Crippen LogP contribution >= 0.6 is 0 Å². The lowest BCUT2D eigenvalue weighted by atomic mass is 9.51. The molecular formula is C21H24F4N6O4. The van der Waals surface area contributed by atoms with Crippen LogP contribution in [0.1, 0.15) is 31.4 Å². The van der Waals surface area contributed by atoms with Crippen molar-refractivity contribution in [1.29, 1.82) is 0 Å². The van der Waals surface area contributed by atoms with Gasteiger partial charge in [-0.2, -0.15) is 32.6 Å². The predicted molar refractivity (Wildman–Crippen MR) is 112 cm³/mol. The number of carbonyl (C=O) groups is 1. The summed E-state index contributed by atoms with van der Waals surface area (Å²) in [6.45, 7) is 1.77. The van der Waals surface area contributed by atoms with E-state index in [1.165, 1.54) is 7.11 Å². The first kappa shape index (κ1) is 23.6. The van der Waals surface area contributed by atoms with Crippen molar-refractivity contribution in [2.24, 2.45) is 17.8 Å². The maximum atomic E-state index is 14.8. The van der Waals surface area contributed by atoms with Gasteiger partial charge in [0.25, 0.3) is 5.88 Å². The highest BCUT2D eigenvalue weighted by atomic mass is 19.4. The van der Waals surface area contributed by atoms with Gasteiger partial charge in [-0.3, -0.25) is 5.10 Å². The minimum absolute atomic E-state index is 0.0247. The van der Waals surface area contributed by atoms with E-state index in [2.05, 4.69) is 30.8 Å². The molecule has 4 saturated carbocycles. The second-order valence-corrected chi connectivity index (χ2v) is 9.55. The Hall–Kier alpha value is -3.16. The summed E-state index contributed by atoms with van der Waals surface area (Å²) >= 11 is 0. The number of aliphatic hydroxyl groups is 1. The van der Waals surface area contributed by atoms with Crippen LogP contribution in [0.25, 0.3) is 0 Å². The van der Waals surface area contributed by atoms with Gasteiger partial charge in [0, 0.05) is 23.7 Å². The second-order valence-electron chi connectivity index (χ2n) is 9.55. The van der Waals surface area contributed by atoms with Gasteiger partial charge in [-0.25, -0.2) is 4.79 Å². The topological polar surface area (TPSA) is 134 Å². The lowest BCUT2D eigenvalue weighted by molar-refractivity contribution is -0.249. The van der Waals surface area contributed by atoms with Crippen LogP contribution in [0.3, 0.4) is 0 Å². The quantitative estimate of drug-likeness (QED) is 0.349. The molecule has 6 unspecified atom stereocenters. The van der Waals surface area contributed by atoms with Gasteiger partial charge in [-0.1, -0.05) is 0 Å². The summed E-state index contributed by atoms with van der Waals surface area (Å²) in [5.41, 5.74) is -0.792. The van der Waals surface area contributed by atoms with E-state index in [-0.39, 0.29) is 42.3 Å². The van der Waals surface area contributed by atoms with Crippen LogP contribution in [0, 0.1) is 30.5 Å². The zero-order valence-corrected chi connectivity index (χ0v) is 18.8. The predicted octanol–water partition coefficient (Wildman–Crippen LogP) is 2.83. The van der Waals surface area contributed by atoms with Crippen LogP contribution in [0.5, 0.6) is 5.88 Å². The number of methoxy groups -OCH3 is 1. The lowest BCUT2D eigenvalue weighted by Gasteiger charge is -2.61. The van der Waals surface area contributed by atoms with E-state index in [4.69, 9.17) is 9.47 Å². The zero-order chi connectivity index (χ0) is 25.1. The first-order valence-electron chi connectivity index (χ1n) is 11.1. The number of aromatic nitrogens is 4. The number of aromatic amines is 1. The molecule has 0 aliphatic heterocycles. The van der Waals surface area contributed by atoms with Crippen LogP contribution < -0.4 is 15.4 Å². The Morgan fingerprint density at radius 3 is 2.71 bits per heavy atom. The van der Waals surface area contributed by atoms with Crippen molar-refractivity contribution in [3.8, 4) is 5.88 Å². The molecule has 2 aromatic heterocycles. The van der Waals surface area contributed by atoms with Crippen LogP contribution in [-0.4, -0.2) is 62.3 Å². The summed E-state index contributed by atoms with van der Waals surface area (Å²) in [7, 11) is 1.24. The lowest BCUT2D eigenvalue weighted by Crippen LogP contribution is -2.68. The Morgan fingerprint density at radius 1 is 1.29 bits per heavy atom.